The van der Waals surface area contributed by atoms with Crippen LogP contribution in [-0.2, 0) is 4.79 Å². The number of phenolic OH excluding ortho intramolecular Hbond substituents is 1. The number of aryl methyl sites for hydroxylation is 1. The van der Waals surface area contributed by atoms with Crippen LogP contribution >= 0.6 is 0 Å². The molecule has 1 N–H and O–H groups in total. The molecule has 2 rings (SSSR count). The Labute approximate surface area is 144 Å². The number of rotatable bonds is 6. The third kappa shape index (κ3) is 4.38. The van der Waals surface area contributed by atoms with E-state index in [-0.39, 0.29) is 23.6 Å². The first kappa shape index (κ1) is 18.1. The van der Waals surface area contributed by atoms with Crippen molar-refractivity contribution in [3.63, 3.8) is 0 Å². The van der Waals surface area contributed by atoms with E-state index in [2.05, 4.69) is 13.8 Å². The Hall–Kier alpha value is -2.29. The maximum atomic E-state index is 12.6. The molecular weight excluding hydrogens is 300 g/mol. The lowest BCUT2D eigenvalue weighted by atomic mass is 9.79. The highest BCUT2D eigenvalue weighted by Gasteiger charge is 2.30. The van der Waals surface area contributed by atoms with Crippen LogP contribution in [0.1, 0.15) is 44.2 Å². The summed E-state index contributed by atoms with van der Waals surface area (Å²) in [7, 11) is 0. The van der Waals surface area contributed by atoms with Gasteiger partial charge in [-0.2, -0.15) is 0 Å². The zero-order valence-electron chi connectivity index (χ0n) is 14.8. The van der Waals surface area contributed by atoms with Crippen molar-refractivity contribution in [2.45, 2.75) is 40.0 Å². The van der Waals surface area contributed by atoms with Gasteiger partial charge in [-0.3, -0.25) is 4.79 Å². The summed E-state index contributed by atoms with van der Waals surface area (Å²) in [6.45, 7) is 8.09. The molecule has 2 atom stereocenters. The van der Waals surface area contributed by atoms with Crippen LogP contribution in [0.5, 0.6) is 11.5 Å². The van der Waals surface area contributed by atoms with Crippen LogP contribution in [0.3, 0.4) is 0 Å². The molecule has 0 fully saturated rings. The first-order valence-electron chi connectivity index (χ1n) is 8.45. The minimum atomic E-state index is -0.348. The van der Waals surface area contributed by atoms with E-state index in [4.69, 9.17) is 4.74 Å². The fourth-order valence-electron chi connectivity index (χ4n) is 3.09. The van der Waals surface area contributed by atoms with Crippen LogP contribution in [0.2, 0.25) is 0 Å². The number of hydrogen-bond acceptors (Lipinski definition) is 3. The summed E-state index contributed by atoms with van der Waals surface area (Å²) in [6, 6.07) is 14.6. The first-order valence-corrected chi connectivity index (χ1v) is 8.45. The number of aromatic hydroxyl groups is 1. The maximum absolute atomic E-state index is 12.6. The van der Waals surface area contributed by atoms with Gasteiger partial charge in [0.15, 0.2) is 0 Å². The Morgan fingerprint density at radius 2 is 1.71 bits per heavy atom. The van der Waals surface area contributed by atoms with Crippen molar-refractivity contribution in [3.8, 4) is 11.5 Å². The van der Waals surface area contributed by atoms with Gasteiger partial charge in [0, 0.05) is 11.5 Å². The molecule has 0 aromatic heterocycles. The lowest BCUT2D eigenvalue weighted by molar-refractivity contribution is -0.139. The molecule has 0 bridgehead atoms. The molecule has 0 radical (unpaired) electrons. The van der Waals surface area contributed by atoms with Crippen molar-refractivity contribution in [1.82, 2.24) is 0 Å². The van der Waals surface area contributed by atoms with Gasteiger partial charge in [-0.05, 0) is 43.0 Å². The van der Waals surface area contributed by atoms with Gasteiger partial charge in [-0.1, -0.05) is 51.1 Å². The quantitative estimate of drug-likeness (QED) is 0.595. The number of carbonyl (C=O) groups is 1. The topological polar surface area (TPSA) is 46.5 Å². The largest absolute Gasteiger partial charge is 0.508 e. The van der Waals surface area contributed by atoms with E-state index >= 15 is 0 Å². The number of ether oxygens (including phenoxy) is 1. The molecule has 3 heteroatoms. The Kier molecular flexibility index (Phi) is 6.02. The van der Waals surface area contributed by atoms with E-state index in [9.17, 15) is 9.90 Å². The van der Waals surface area contributed by atoms with E-state index in [1.54, 1.807) is 18.2 Å². The Morgan fingerprint density at radius 1 is 1.04 bits per heavy atom. The van der Waals surface area contributed by atoms with Gasteiger partial charge < -0.3 is 9.84 Å². The van der Waals surface area contributed by atoms with Crippen molar-refractivity contribution in [3.05, 3.63) is 59.7 Å². The predicted molar refractivity (Wildman–Crippen MR) is 96.3 cm³/mol. The third-order valence-electron chi connectivity index (χ3n) is 4.33. The predicted octanol–water partition coefficient (Wildman–Crippen LogP) is 5.07. The standard InChI is InChI=1S/C21H26O3/c1-14(2)13-18(20-15(3)9-8-12-19(20)22)16(4)21(23)24-17-10-6-5-7-11-17/h5-12,14,16,18,22H,13H2,1-4H3/t16-,18-/m1/s1. The highest BCUT2D eigenvalue weighted by atomic mass is 16.5. The average Bonchev–Trinajstić information content (AvgIpc) is 2.53. The number of carbonyl (C=O) groups excluding carboxylic acids is 1. The molecule has 0 aliphatic carbocycles. The monoisotopic (exact) mass is 326 g/mol. The summed E-state index contributed by atoms with van der Waals surface area (Å²) in [4.78, 5) is 12.6. The summed E-state index contributed by atoms with van der Waals surface area (Å²) in [5.41, 5.74) is 1.85. The molecule has 0 aliphatic rings. The lowest BCUT2D eigenvalue weighted by Crippen LogP contribution is -2.26. The summed E-state index contributed by atoms with van der Waals surface area (Å²) >= 11 is 0. The second-order valence-corrected chi connectivity index (χ2v) is 6.77. The molecule has 24 heavy (non-hydrogen) atoms. The fraction of sp³-hybridized carbons (Fsp3) is 0.381. The minimum Gasteiger partial charge on any atom is -0.508 e. The molecule has 3 nitrogen and oxygen atoms in total. The molecule has 2 aromatic carbocycles. The van der Waals surface area contributed by atoms with Crippen LogP contribution in [0.15, 0.2) is 48.5 Å². The lowest BCUT2D eigenvalue weighted by Gasteiger charge is -2.27. The molecule has 0 heterocycles. The number of phenols is 1. The van der Waals surface area contributed by atoms with Crippen LogP contribution < -0.4 is 4.74 Å². The zero-order chi connectivity index (χ0) is 17.7. The van der Waals surface area contributed by atoms with E-state index < -0.39 is 0 Å². The van der Waals surface area contributed by atoms with E-state index in [1.807, 2.05) is 44.2 Å². The second kappa shape index (κ2) is 8.00. The molecule has 0 amide bonds. The molecular formula is C21H26O3. The van der Waals surface area contributed by atoms with E-state index in [1.165, 1.54) is 0 Å². The van der Waals surface area contributed by atoms with Crippen LogP contribution in [0.25, 0.3) is 0 Å². The van der Waals surface area contributed by atoms with Crippen molar-refractivity contribution in [1.29, 1.82) is 0 Å². The number of hydrogen-bond donors (Lipinski definition) is 1. The molecule has 2 aromatic rings. The van der Waals surface area contributed by atoms with Gasteiger partial charge in [0.1, 0.15) is 11.5 Å². The molecule has 128 valence electrons. The summed E-state index contributed by atoms with van der Waals surface area (Å²) < 4.78 is 5.52. The Morgan fingerprint density at radius 3 is 2.29 bits per heavy atom. The number of para-hydroxylation sites is 1. The van der Waals surface area contributed by atoms with Crippen molar-refractivity contribution in [2.24, 2.45) is 11.8 Å². The van der Waals surface area contributed by atoms with Crippen molar-refractivity contribution < 1.29 is 14.6 Å². The molecule has 0 saturated heterocycles. The van der Waals surface area contributed by atoms with Crippen molar-refractivity contribution >= 4 is 5.97 Å². The number of esters is 1. The highest BCUT2D eigenvalue weighted by Crippen LogP contribution is 2.38. The third-order valence-corrected chi connectivity index (χ3v) is 4.33. The Balaban J connectivity index is 2.28. The van der Waals surface area contributed by atoms with Gasteiger partial charge in [0.2, 0.25) is 0 Å². The van der Waals surface area contributed by atoms with Crippen LogP contribution in [-0.4, -0.2) is 11.1 Å². The molecule has 0 spiro atoms. The van der Waals surface area contributed by atoms with Crippen LogP contribution in [0, 0.1) is 18.8 Å². The summed E-state index contributed by atoms with van der Waals surface area (Å²) in [5, 5.41) is 10.3. The normalized spacial score (nSPS) is 13.5. The van der Waals surface area contributed by atoms with Gasteiger partial charge in [-0.15, -0.1) is 0 Å². The van der Waals surface area contributed by atoms with E-state index in [0.717, 1.165) is 17.5 Å². The van der Waals surface area contributed by atoms with Crippen molar-refractivity contribution in [2.75, 3.05) is 0 Å². The van der Waals surface area contributed by atoms with Gasteiger partial charge in [0.25, 0.3) is 0 Å². The molecule has 0 saturated carbocycles. The smallest absolute Gasteiger partial charge is 0.314 e. The van der Waals surface area contributed by atoms with Crippen LogP contribution in [0.4, 0.5) is 0 Å². The summed E-state index contributed by atoms with van der Waals surface area (Å²) in [6.07, 6.45) is 0.809. The molecule has 0 unspecified atom stereocenters. The first-order chi connectivity index (χ1) is 11.4. The van der Waals surface area contributed by atoms with Gasteiger partial charge >= 0.3 is 5.97 Å². The zero-order valence-corrected chi connectivity index (χ0v) is 14.8. The fourth-order valence-corrected chi connectivity index (χ4v) is 3.09. The highest BCUT2D eigenvalue weighted by molar-refractivity contribution is 5.76. The minimum absolute atomic E-state index is 0.0811. The maximum Gasteiger partial charge on any atom is 0.314 e. The SMILES string of the molecule is Cc1cccc(O)c1[C@H](CC(C)C)[C@@H](C)C(=O)Oc1ccccc1. The summed E-state index contributed by atoms with van der Waals surface area (Å²) in [5.74, 6) is 0.504. The van der Waals surface area contributed by atoms with Gasteiger partial charge in [-0.25, -0.2) is 0 Å². The number of benzene rings is 2. The molecule has 0 aliphatic heterocycles. The second-order valence-electron chi connectivity index (χ2n) is 6.77. The van der Waals surface area contributed by atoms with E-state index in [0.29, 0.717) is 11.7 Å². The van der Waals surface area contributed by atoms with Gasteiger partial charge in [0.05, 0.1) is 5.92 Å². The Bertz CT molecular complexity index is 656. The average molecular weight is 326 g/mol.